The van der Waals surface area contributed by atoms with Crippen LogP contribution in [0.1, 0.15) is 35.5 Å². The SMILES string of the molecule is C[C@H]1SC(N)=N[C@](C)(c2cc(CC(=O)c3cnc(OCC(F)F)cn3)ccc2F)[C@H]1F. The Kier molecular flexibility index (Phi) is 6.83. The van der Waals surface area contributed by atoms with Gasteiger partial charge in [-0.25, -0.2) is 32.5 Å². The lowest BCUT2D eigenvalue weighted by atomic mass is 9.84. The second-order valence-electron chi connectivity index (χ2n) is 7.18. The lowest BCUT2D eigenvalue weighted by Crippen LogP contribution is -2.44. The zero-order chi connectivity index (χ0) is 22.8. The minimum absolute atomic E-state index is 0.00207. The monoisotopic (exact) mass is 456 g/mol. The summed E-state index contributed by atoms with van der Waals surface area (Å²) < 4.78 is 58.6. The molecule has 1 aromatic carbocycles. The Hall–Kier alpha value is -2.69. The van der Waals surface area contributed by atoms with Crippen LogP contribution in [0.2, 0.25) is 0 Å². The largest absolute Gasteiger partial charge is 0.470 e. The molecule has 3 rings (SSSR count). The quantitative estimate of drug-likeness (QED) is 0.505. The van der Waals surface area contributed by atoms with E-state index >= 15 is 0 Å². The smallest absolute Gasteiger partial charge is 0.272 e. The van der Waals surface area contributed by atoms with Gasteiger partial charge in [0.15, 0.2) is 17.6 Å². The van der Waals surface area contributed by atoms with Gasteiger partial charge < -0.3 is 10.5 Å². The standard InChI is InChI=1S/C20H20F4N4O2S/c1-10-18(24)20(2,28-19(25)31-10)12-5-11(3-4-13(12)21)6-15(29)14-7-27-17(8-26-14)30-9-16(22)23/h3-5,7-8,10,16,18H,6,9H2,1-2H3,(H2,25,28)/t10-,18+,20-/m1/s1. The number of hydrogen-bond donors (Lipinski definition) is 1. The van der Waals surface area contributed by atoms with Crippen LogP contribution in [-0.4, -0.2) is 45.4 Å². The van der Waals surface area contributed by atoms with Crippen molar-refractivity contribution in [2.45, 2.75) is 43.7 Å². The van der Waals surface area contributed by atoms with E-state index in [1.807, 2.05) is 0 Å². The lowest BCUT2D eigenvalue weighted by molar-refractivity contribution is 0.0792. The van der Waals surface area contributed by atoms with Crippen LogP contribution in [0.5, 0.6) is 5.88 Å². The van der Waals surface area contributed by atoms with Crippen LogP contribution in [-0.2, 0) is 12.0 Å². The minimum Gasteiger partial charge on any atom is -0.470 e. The number of rotatable bonds is 7. The average Bonchev–Trinajstić information content (AvgIpc) is 2.72. The van der Waals surface area contributed by atoms with E-state index in [1.165, 1.54) is 19.1 Å². The van der Waals surface area contributed by atoms with Crippen LogP contribution >= 0.6 is 11.8 Å². The number of alkyl halides is 3. The van der Waals surface area contributed by atoms with Gasteiger partial charge >= 0.3 is 0 Å². The Morgan fingerprint density at radius 2 is 2.06 bits per heavy atom. The van der Waals surface area contributed by atoms with Crippen molar-refractivity contribution in [2.24, 2.45) is 10.7 Å². The number of ketones is 1. The Labute approximate surface area is 180 Å². The molecule has 0 unspecified atom stereocenters. The first-order valence-corrected chi connectivity index (χ1v) is 10.2. The molecule has 31 heavy (non-hydrogen) atoms. The van der Waals surface area contributed by atoms with Gasteiger partial charge in [0.1, 0.15) is 23.2 Å². The van der Waals surface area contributed by atoms with E-state index in [9.17, 15) is 22.4 Å². The zero-order valence-electron chi connectivity index (χ0n) is 16.7. The third-order valence-corrected chi connectivity index (χ3v) is 5.75. The third-order valence-electron chi connectivity index (χ3n) is 4.81. The molecule has 2 heterocycles. The number of benzene rings is 1. The van der Waals surface area contributed by atoms with Crippen molar-refractivity contribution < 1.29 is 27.1 Å². The van der Waals surface area contributed by atoms with Gasteiger partial charge in [-0.05, 0) is 31.5 Å². The maximum atomic E-state index is 15.0. The number of hydrogen-bond acceptors (Lipinski definition) is 7. The van der Waals surface area contributed by atoms with Crippen LogP contribution in [0.4, 0.5) is 17.6 Å². The van der Waals surface area contributed by atoms with Crippen molar-refractivity contribution in [3.05, 3.63) is 53.2 Å². The molecular weight excluding hydrogens is 436 g/mol. The summed E-state index contributed by atoms with van der Waals surface area (Å²) in [5.74, 6) is -1.23. The summed E-state index contributed by atoms with van der Waals surface area (Å²) >= 11 is 1.08. The van der Waals surface area contributed by atoms with Crippen LogP contribution < -0.4 is 10.5 Å². The predicted octanol–water partition coefficient (Wildman–Crippen LogP) is 3.69. The van der Waals surface area contributed by atoms with E-state index in [0.717, 1.165) is 30.2 Å². The van der Waals surface area contributed by atoms with Gasteiger partial charge in [-0.15, -0.1) is 0 Å². The Bertz CT molecular complexity index is 990. The number of halogens is 4. The van der Waals surface area contributed by atoms with Gasteiger partial charge in [-0.1, -0.05) is 17.8 Å². The lowest BCUT2D eigenvalue weighted by Gasteiger charge is -2.37. The maximum Gasteiger partial charge on any atom is 0.272 e. The number of thioether (sulfide) groups is 1. The molecule has 0 aliphatic carbocycles. The number of amidine groups is 1. The van der Waals surface area contributed by atoms with Crippen molar-refractivity contribution in [1.29, 1.82) is 0 Å². The van der Waals surface area contributed by atoms with E-state index in [0.29, 0.717) is 5.56 Å². The number of aliphatic imine (C=N–C) groups is 1. The molecule has 1 aliphatic rings. The Balaban J connectivity index is 1.80. The van der Waals surface area contributed by atoms with Gasteiger partial charge in [0.25, 0.3) is 6.43 Å². The van der Waals surface area contributed by atoms with Crippen LogP contribution in [0.3, 0.4) is 0 Å². The molecular formula is C20H20F4N4O2S. The summed E-state index contributed by atoms with van der Waals surface area (Å²) in [6.07, 6.45) is -2.13. The molecule has 2 N–H and O–H groups in total. The summed E-state index contributed by atoms with van der Waals surface area (Å²) in [5.41, 5.74) is 4.68. The van der Waals surface area contributed by atoms with E-state index in [2.05, 4.69) is 15.0 Å². The highest BCUT2D eigenvalue weighted by molar-refractivity contribution is 8.14. The van der Waals surface area contributed by atoms with E-state index in [4.69, 9.17) is 10.5 Å². The number of ether oxygens (including phenoxy) is 1. The number of Topliss-reactive ketones (excluding diaryl/α,β-unsaturated/α-hetero) is 1. The van der Waals surface area contributed by atoms with Gasteiger partial charge in [-0.3, -0.25) is 4.79 Å². The molecule has 0 fully saturated rings. The molecule has 6 nitrogen and oxygen atoms in total. The fourth-order valence-corrected chi connectivity index (χ4v) is 4.27. The van der Waals surface area contributed by atoms with Crippen molar-refractivity contribution in [3.63, 3.8) is 0 Å². The molecule has 1 aliphatic heterocycles. The summed E-state index contributed by atoms with van der Waals surface area (Å²) in [6.45, 7) is 2.28. The second-order valence-corrected chi connectivity index (χ2v) is 8.58. The van der Waals surface area contributed by atoms with Crippen molar-refractivity contribution in [2.75, 3.05) is 6.61 Å². The number of nitrogens with zero attached hydrogens (tertiary/aromatic N) is 3. The molecule has 2 aromatic rings. The van der Waals surface area contributed by atoms with Crippen LogP contribution in [0.25, 0.3) is 0 Å². The summed E-state index contributed by atoms with van der Waals surface area (Å²) in [5, 5.41) is -0.359. The fourth-order valence-electron chi connectivity index (χ4n) is 3.26. The highest BCUT2D eigenvalue weighted by Crippen LogP contribution is 2.42. The minimum atomic E-state index is -2.66. The van der Waals surface area contributed by atoms with Gasteiger partial charge in [0, 0.05) is 17.2 Å². The number of carbonyl (C=O) groups excluding carboxylic acids is 1. The Morgan fingerprint density at radius 3 is 2.71 bits per heavy atom. The zero-order valence-corrected chi connectivity index (χ0v) is 17.5. The first-order chi connectivity index (χ1) is 14.6. The van der Waals surface area contributed by atoms with Crippen LogP contribution in [0.15, 0.2) is 35.6 Å². The predicted molar refractivity (Wildman–Crippen MR) is 109 cm³/mol. The number of carbonyl (C=O) groups is 1. The first kappa shape index (κ1) is 23.0. The molecule has 3 atom stereocenters. The van der Waals surface area contributed by atoms with Crippen LogP contribution in [0, 0.1) is 5.82 Å². The fraction of sp³-hybridized carbons (Fsp3) is 0.400. The highest BCUT2D eigenvalue weighted by atomic mass is 32.2. The molecule has 0 saturated carbocycles. The second kappa shape index (κ2) is 9.21. The van der Waals surface area contributed by atoms with E-state index in [1.54, 1.807) is 6.92 Å². The average molecular weight is 456 g/mol. The highest BCUT2D eigenvalue weighted by Gasteiger charge is 2.45. The normalized spacial score (nSPS) is 23.5. The van der Waals surface area contributed by atoms with Crippen molar-refractivity contribution in [3.8, 4) is 5.88 Å². The first-order valence-electron chi connectivity index (χ1n) is 9.31. The van der Waals surface area contributed by atoms with E-state index in [-0.39, 0.29) is 28.7 Å². The van der Waals surface area contributed by atoms with Crippen molar-refractivity contribution in [1.82, 2.24) is 9.97 Å². The summed E-state index contributed by atoms with van der Waals surface area (Å²) in [4.78, 5) is 24.3. The molecule has 11 heteroatoms. The Morgan fingerprint density at radius 1 is 1.32 bits per heavy atom. The maximum absolute atomic E-state index is 15.0. The van der Waals surface area contributed by atoms with Gasteiger partial charge in [0.05, 0.1) is 12.4 Å². The molecule has 1 aromatic heterocycles. The molecule has 0 saturated heterocycles. The van der Waals surface area contributed by atoms with Gasteiger partial charge in [-0.2, -0.15) is 0 Å². The number of aromatic nitrogens is 2. The molecule has 0 spiro atoms. The summed E-state index contributed by atoms with van der Waals surface area (Å²) in [7, 11) is 0. The molecule has 166 valence electrons. The topological polar surface area (TPSA) is 90.5 Å². The molecule has 0 bridgehead atoms. The number of nitrogens with two attached hydrogens (primary N) is 1. The van der Waals surface area contributed by atoms with Gasteiger partial charge in [0.2, 0.25) is 5.88 Å². The van der Waals surface area contributed by atoms with E-state index < -0.39 is 41.6 Å². The molecule has 0 radical (unpaired) electrons. The summed E-state index contributed by atoms with van der Waals surface area (Å²) in [6, 6.07) is 3.96. The van der Waals surface area contributed by atoms with Crippen molar-refractivity contribution >= 4 is 22.7 Å². The molecule has 0 amide bonds. The third kappa shape index (κ3) is 5.15.